The van der Waals surface area contributed by atoms with E-state index in [1.807, 2.05) is 30.3 Å². The van der Waals surface area contributed by atoms with Crippen molar-refractivity contribution in [1.29, 1.82) is 0 Å². The molecule has 5 nitrogen and oxygen atoms in total. The SMILES string of the molecule is OC1CCCCC1CNc1noc(-c2ccccc2)n1. The van der Waals surface area contributed by atoms with Crippen molar-refractivity contribution in [2.75, 3.05) is 11.9 Å². The number of rotatable bonds is 4. The Morgan fingerprint density at radius 1 is 1.20 bits per heavy atom. The maximum absolute atomic E-state index is 9.93. The predicted octanol–water partition coefficient (Wildman–Crippen LogP) is 2.70. The van der Waals surface area contributed by atoms with Gasteiger partial charge in [-0.1, -0.05) is 31.0 Å². The third-order valence-corrected chi connectivity index (χ3v) is 3.84. The van der Waals surface area contributed by atoms with Crippen molar-refractivity contribution < 1.29 is 9.63 Å². The molecule has 0 spiro atoms. The maximum atomic E-state index is 9.93. The highest BCUT2D eigenvalue weighted by molar-refractivity contribution is 5.53. The fourth-order valence-corrected chi connectivity index (χ4v) is 2.64. The Balaban J connectivity index is 1.60. The second-order valence-corrected chi connectivity index (χ2v) is 5.28. The van der Waals surface area contributed by atoms with Crippen molar-refractivity contribution in [2.45, 2.75) is 31.8 Å². The average Bonchev–Trinajstić information content (AvgIpc) is 2.96. The molecule has 1 aromatic carbocycles. The van der Waals surface area contributed by atoms with E-state index in [1.54, 1.807) is 0 Å². The molecule has 1 aliphatic carbocycles. The third-order valence-electron chi connectivity index (χ3n) is 3.84. The van der Waals surface area contributed by atoms with Crippen molar-refractivity contribution in [3.05, 3.63) is 30.3 Å². The van der Waals surface area contributed by atoms with Crippen molar-refractivity contribution in [1.82, 2.24) is 10.1 Å². The summed E-state index contributed by atoms with van der Waals surface area (Å²) in [6.07, 6.45) is 4.05. The second-order valence-electron chi connectivity index (χ2n) is 5.28. The highest BCUT2D eigenvalue weighted by Crippen LogP contribution is 2.25. The molecule has 2 unspecified atom stereocenters. The zero-order valence-corrected chi connectivity index (χ0v) is 11.3. The quantitative estimate of drug-likeness (QED) is 0.896. The molecule has 5 heteroatoms. The number of hydrogen-bond acceptors (Lipinski definition) is 5. The number of benzene rings is 1. The highest BCUT2D eigenvalue weighted by Gasteiger charge is 2.23. The first-order valence-electron chi connectivity index (χ1n) is 7.14. The molecule has 1 fully saturated rings. The summed E-state index contributed by atoms with van der Waals surface area (Å²) < 4.78 is 5.23. The second kappa shape index (κ2) is 6.05. The first-order valence-corrected chi connectivity index (χ1v) is 7.14. The first-order chi connectivity index (χ1) is 9.83. The molecule has 1 aliphatic rings. The van der Waals surface area contributed by atoms with Crippen LogP contribution >= 0.6 is 0 Å². The van der Waals surface area contributed by atoms with Gasteiger partial charge in [-0.05, 0) is 30.1 Å². The third kappa shape index (κ3) is 2.99. The molecule has 2 aromatic rings. The topological polar surface area (TPSA) is 71.2 Å². The summed E-state index contributed by atoms with van der Waals surface area (Å²) in [4.78, 5) is 4.32. The van der Waals surface area contributed by atoms with Crippen LogP contribution < -0.4 is 5.32 Å². The molecule has 1 aromatic heterocycles. The Bertz CT molecular complexity index is 541. The van der Waals surface area contributed by atoms with E-state index >= 15 is 0 Å². The number of nitrogens with zero attached hydrogens (tertiary/aromatic N) is 2. The Morgan fingerprint density at radius 3 is 2.80 bits per heavy atom. The maximum Gasteiger partial charge on any atom is 0.263 e. The zero-order chi connectivity index (χ0) is 13.8. The van der Waals surface area contributed by atoms with Gasteiger partial charge in [-0.3, -0.25) is 0 Å². The van der Waals surface area contributed by atoms with E-state index in [2.05, 4.69) is 15.5 Å². The van der Waals surface area contributed by atoms with E-state index in [0.29, 0.717) is 18.4 Å². The number of hydrogen-bond donors (Lipinski definition) is 2. The van der Waals surface area contributed by atoms with E-state index in [-0.39, 0.29) is 12.0 Å². The van der Waals surface area contributed by atoms with Crippen LogP contribution in [0.1, 0.15) is 25.7 Å². The fraction of sp³-hybridized carbons (Fsp3) is 0.467. The first kappa shape index (κ1) is 13.1. The summed E-state index contributed by atoms with van der Waals surface area (Å²) in [7, 11) is 0. The van der Waals surface area contributed by atoms with Gasteiger partial charge in [0.05, 0.1) is 6.10 Å². The molecular formula is C15H19N3O2. The zero-order valence-electron chi connectivity index (χ0n) is 11.3. The molecule has 0 radical (unpaired) electrons. The largest absolute Gasteiger partial charge is 0.393 e. The minimum absolute atomic E-state index is 0.211. The molecule has 0 amide bonds. The van der Waals surface area contributed by atoms with Crippen LogP contribution in [0.15, 0.2) is 34.9 Å². The predicted molar refractivity (Wildman–Crippen MR) is 76.2 cm³/mol. The van der Waals surface area contributed by atoms with E-state index in [9.17, 15) is 5.11 Å². The summed E-state index contributed by atoms with van der Waals surface area (Å²) in [6, 6.07) is 9.68. The van der Waals surface area contributed by atoms with Gasteiger partial charge in [-0.25, -0.2) is 0 Å². The van der Waals surface area contributed by atoms with E-state index in [1.165, 1.54) is 6.42 Å². The van der Waals surface area contributed by atoms with Gasteiger partial charge in [0, 0.05) is 18.0 Å². The van der Waals surface area contributed by atoms with Crippen molar-refractivity contribution >= 4 is 5.95 Å². The minimum Gasteiger partial charge on any atom is -0.393 e. The standard InChI is InChI=1S/C15H19N3O2/c19-13-9-5-4-8-12(13)10-16-15-17-14(20-18-15)11-6-2-1-3-7-11/h1-3,6-7,12-13,19H,4-5,8-10H2,(H,16,18). The van der Waals surface area contributed by atoms with Crippen LogP contribution in [0, 0.1) is 5.92 Å². The molecule has 2 atom stereocenters. The van der Waals surface area contributed by atoms with Gasteiger partial charge >= 0.3 is 0 Å². The van der Waals surface area contributed by atoms with Crippen molar-refractivity contribution in [2.24, 2.45) is 5.92 Å². The van der Waals surface area contributed by atoms with Gasteiger partial charge in [-0.15, -0.1) is 0 Å². The van der Waals surface area contributed by atoms with Crippen LogP contribution in [0.3, 0.4) is 0 Å². The van der Waals surface area contributed by atoms with Gasteiger partial charge in [0.25, 0.3) is 11.8 Å². The molecule has 106 valence electrons. The summed E-state index contributed by atoms with van der Waals surface area (Å²) in [5.41, 5.74) is 0.908. The minimum atomic E-state index is -0.211. The summed E-state index contributed by atoms with van der Waals surface area (Å²) in [5.74, 6) is 1.28. The number of aliphatic hydroxyl groups excluding tert-OH is 1. The lowest BCUT2D eigenvalue weighted by molar-refractivity contribution is 0.0762. The van der Waals surface area contributed by atoms with Crippen LogP contribution in [0.2, 0.25) is 0 Å². The van der Waals surface area contributed by atoms with E-state index in [4.69, 9.17) is 4.52 Å². The van der Waals surface area contributed by atoms with Crippen LogP contribution in [0.4, 0.5) is 5.95 Å². The molecule has 0 bridgehead atoms. The molecule has 20 heavy (non-hydrogen) atoms. The van der Waals surface area contributed by atoms with Gasteiger partial charge < -0.3 is 14.9 Å². The van der Waals surface area contributed by atoms with Crippen LogP contribution in [-0.2, 0) is 0 Å². The van der Waals surface area contributed by atoms with Crippen molar-refractivity contribution in [3.63, 3.8) is 0 Å². The molecule has 2 N–H and O–H groups in total. The molecule has 0 saturated heterocycles. The summed E-state index contributed by atoms with van der Waals surface area (Å²) in [5, 5.41) is 17.0. The number of nitrogens with one attached hydrogen (secondary N) is 1. The number of aromatic nitrogens is 2. The van der Waals surface area contributed by atoms with Crippen LogP contribution in [0.5, 0.6) is 0 Å². The lowest BCUT2D eigenvalue weighted by Gasteiger charge is -2.27. The Hall–Kier alpha value is -1.88. The summed E-state index contributed by atoms with van der Waals surface area (Å²) in [6.45, 7) is 0.689. The molecule has 0 aliphatic heterocycles. The Labute approximate surface area is 118 Å². The fourth-order valence-electron chi connectivity index (χ4n) is 2.64. The lowest BCUT2D eigenvalue weighted by Crippen LogP contribution is -2.30. The van der Waals surface area contributed by atoms with Crippen LogP contribution in [0.25, 0.3) is 11.5 Å². The normalized spacial score (nSPS) is 22.6. The smallest absolute Gasteiger partial charge is 0.263 e. The molecule has 1 heterocycles. The Kier molecular flexibility index (Phi) is 3.97. The molecular weight excluding hydrogens is 254 g/mol. The molecule has 1 saturated carbocycles. The van der Waals surface area contributed by atoms with Crippen molar-refractivity contribution in [3.8, 4) is 11.5 Å². The monoisotopic (exact) mass is 273 g/mol. The summed E-state index contributed by atoms with van der Waals surface area (Å²) >= 11 is 0. The van der Waals surface area contributed by atoms with Crippen LogP contribution in [-0.4, -0.2) is 27.9 Å². The van der Waals surface area contributed by atoms with Gasteiger partial charge in [0.15, 0.2) is 0 Å². The number of aliphatic hydroxyl groups is 1. The lowest BCUT2D eigenvalue weighted by atomic mass is 9.86. The van der Waals surface area contributed by atoms with Gasteiger partial charge in [0.1, 0.15) is 0 Å². The Morgan fingerprint density at radius 2 is 2.00 bits per heavy atom. The molecule has 3 rings (SSSR count). The van der Waals surface area contributed by atoms with Gasteiger partial charge in [-0.2, -0.15) is 4.98 Å². The highest BCUT2D eigenvalue weighted by atomic mass is 16.5. The van der Waals surface area contributed by atoms with Gasteiger partial charge in [0.2, 0.25) is 0 Å². The van der Waals surface area contributed by atoms with E-state index in [0.717, 1.165) is 24.8 Å². The number of anilines is 1. The van der Waals surface area contributed by atoms with E-state index < -0.39 is 0 Å². The average molecular weight is 273 g/mol.